The van der Waals surface area contributed by atoms with Gasteiger partial charge in [0.1, 0.15) is 24.7 Å². The van der Waals surface area contributed by atoms with Gasteiger partial charge in [-0.3, -0.25) is 4.79 Å². The molecule has 0 radical (unpaired) electrons. The van der Waals surface area contributed by atoms with Crippen molar-refractivity contribution in [2.24, 2.45) is 0 Å². The topological polar surface area (TPSA) is 38.8 Å². The summed E-state index contributed by atoms with van der Waals surface area (Å²) in [5.41, 5.74) is 2.84. The number of amides is 1. The lowest BCUT2D eigenvalue weighted by Crippen LogP contribution is -2.36. The van der Waals surface area contributed by atoms with E-state index in [2.05, 4.69) is 0 Å². The number of para-hydroxylation sites is 2. The molecule has 140 valence electrons. The van der Waals surface area contributed by atoms with Gasteiger partial charge < -0.3 is 14.4 Å². The number of carbonyl (C=O) groups excluding carboxylic acids is 1. The molecule has 3 aromatic rings. The minimum atomic E-state index is -0.0636. The number of carbonyl (C=O) groups is 1. The Balaban J connectivity index is 1.43. The maximum atomic E-state index is 12.7. The number of anilines is 1. The molecule has 4 heteroatoms. The second kappa shape index (κ2) is 8.44. The van der Waals surface area contributed by atoms with Crippen molar-refractivity contribution in [3.05, 3.63) is 96.1 Å². The van der Waals surface area contributed by atoms with Crippen LogP contribution in [-0.4, -0.2) is 19.1 Å². The maximum Gasteiger partial charge on any atom is 0.251 e. The van der Waals surface area contributed by atoms with Gasteiger partial charge in [0.05, 0.1) is 12.2 Å². The zero-order valence-electron chi connectivity index (χ0n) is 15.5. The Hall–Kier alpha value is -3.53. The molecule has 1 aliphatic heterocycles. The molecule has 0 bridgehead atoms. The maximum absolute atomic E-state index is 12.7. The van der Waals surface area contributed by atoms with Crippen LogP contribution in [0.15, 0.2) is 84.9 Å². The third kappa shape index (κ3) is 4.23. The monoisotopic (exact) mass is 371 g/mol. The Morgan fingerprint density at radius 3 is 2.71 bits per heavy atom. The molecule has 4 nitrogen and oxygen atoms in total. The largest absolute Gasteiger partial charge is 0.490 e. The van der Waals surface area contributed by atoms with Crippen molar-refractivity contribution in [2.45, 2.75) is 6.61 Å². The van der Waals surface area contributed by atoms with E-state index >= 15 is 0 Å². The van der Waals surface area contributed by atoms with Crippen LogP contribution in [0.2, 0.25) is 0 Å². The number of hydrogen-bond acceptors (Lipinski definition) is 3. The zero-order chi connectivity index (χ0) is 19.2. The fraction of sp³-hybridized carbons (Fsp3) is 0.125. The van der Waals surface area contributed by atoms with Crippen LogP contribution in [0.1, 0.15) is 11.1 Å². The van der Waals surface area contributed by atoms with Crippen molar-refractivity contribution >= 4 is 17.7 Å². The summed E-state index contributed by atoms with van der Waals surface area (Å²) in [4.78, 5) is 14.4. The summed E-state index contributed by atoms with van der Waals surface area (Å²) in [6, 6.07) is 25.4. The van der Waals surface area contributed by atoms with Gasteiger partial charge in [-0.1, -0.05) is 54.6 Å². The summed E-state index contributed by atoms with van der Waals surface area (Å²) in [6.07, 6.45) is 3.41. The summed E-state index contributed by atoms with van der Waals surface area (Å²) in [6.45, 7) is 1.55. The molecule has 0 N–H and O–H groups in total. The molecule has 28 heavy (non-hydrogen) atoms. The van der Waals surface area contributed by atoms with Gasteiger partial charge >= 0.3 is 0 Å². The average molecular weight is 371 g/mol. The number of benzene rings is 3. The van der Waals surface area contributed by atoms with Gasteiger partial charge in [-0.05, 0) is 41.5 Å². The van der Waals surface area contributed by atoms with Gasteiger partial charge in [0.2, 0.25) is 0 Å². The Bertz CT molecular complexity index is 982. The zero-order valence-corrected chi connectivity index (χ0v) is 15.5. The van der Waals surface area contributed by atoms with Crippen LogP contribution in [0.3, 0.4) is 0 Å². The van der Waals surface area contributed by atoms with Crippen molar-refractivity contribution in [3.8, 4) is 11.5 Å². The lowest BCUT2D eigenvalue weighted by atomic mass is 10.2. The van der Waals surface area contributed by atoms with Gasteiger partial charge in [-0.15, -0.1) is 0 Å². The van der Waals surface area contributed by atoms with Gasteiger partial charge in [0.15, 0.2) is 0 Å². The molecule has 1 amide bonds. The number of fused-ring (bicyclic) bond motifs is 1. The molecular weight excluding hydrogens is 350 g/mol. The molecule has 0 atom stereocenters. The van der Waals surface area contributed by atoms with Gasteiger partial charge in [0.25, 0.3) is 5.91 Å². The smallest absolute Gasteiger partial charge is 0.251 e. The highest BCUT2D eigenvalue weighted by atomic mass is 16.5. The highest BCUT2D eigenvalue weighted by Crippen LogP contribution is 2.31. The summed E-state index contributed by atoms with van der Waals surface area (Å²) in [5.74, 6) is 1.45. The molecule has 0 spiro atoms. The first-order valence-electron chi connectivity index (χ1n) is 9.28. The second-order valence-electron chi connectivity index (χ2n) is 6.49. The van der Waals surface area contributed by atoms with Crippen LogP contribution in [0.25, 0.3) is 6.08 Å². The Labute approximate surface area is 164 Å². The predicted octanol–water partition coefficient (Wildman–Crippen LogP) is 4.70. The third-order valence-electron chi connectivity index (χ3n) is 4.52. The minimum Gasteiger partial charge on any atom is -0.490 e. The van der Waals surface area contributed by atoms with Crippen LogP contribution in [0, 0.1) is 0 Å². The van der Waals surface area contributed by atoms with Crippen LogP contribution in [-0.2, 0) is 11.4 Å². The fourth-order valence-electron chi connectivity index (χ4n) is 3.10. The molecular formula is C24H21NO3. The number of hydrogen-bond donors (Lipinski definition) is 0. The van der Waals surface area contributed by atoms with E-state index in [0.717, 1.165) is 28.3 Å². The van der Waals surface area contributed by atoms with Crippen molar-refractivity contribution < 1.29 is 14.3 Å². The van der Waals surface area contributed by atoms with E-state index in [1.54, 1.807) is 11.0 Å². The van der Waals surface area contributed by atoms with E-state index in [9.17, 15) is 4.79 Å². The van der Waals surface area contributed by atoms with E-state index in [4.69, 9.17) is 9.47 Å². The fourth-order valence-corrected chi connectivity index (χ4v) is 3.10. The van der Waals surface area contributed by atoms with Crippen LogP contribution < -0.4 is 14.4 Å². The van der Waals surface area contributed by atoms with E-state index in [0.29, 0.717) is 19.8 Å². The summed E-state index contributed by atoms with van der Waals surface area (Å²) in [5, 5.41) is 0. The molecule has 0 saturated heterocycles. The summed E-state index contributed by atoms with van der Waals surface area (Å²) < 4.78 is 11.5. The minimum absolute atomic E-state index is 0.0636. The Kier molecular flexibility index (Phi) is 5.38. The third-order valence-corrected chi connectivity index (χ3v) is 4.52. The first kappa shape index (κ1) is 17.9. The van der Waals surface area contributed by atoms with Gasteiger partial charge in [0, 0.05) is 6.08 Å². The Morgan fingerprint density at radius 2 is 1.82 bits per heavy atom. The lowest BCUT2D eigenvalue weighted by molar-refractivity contribution is -0.114. The SMILES string of the molecule is O=C(/C=C/c1cccc(OCc2ccccc2)c1)N1CCOc2ccccc21. The molecule has 0 unspecified atom stereocenters. The standard InChI is InChI=1S/C24H21NO3/c26-24(25-15-16-27-23-12-5-4-11-22(23)25)14-13-19-9-6-10-21(17-19)28-18-20-7-2-1-3-8-20/h1-14,17H,15-16,18H2/b14-13+. The number of ether oxygens (including phenoxy) is 2. The highest BCUT2D eigenvalue weighted by Gasteiger charge is 2.21. The van der Waals surface area contributed by atoms with Crippen molar-refractivity contribution in [2.75, 3.05) is 18.1 Å². The van der Waals surface area contributed by atoms with Crippen LogP contribution in [0.5, 0.6) is 11.5 Å². The lowest BCUT2D eigenvalue weighted by Gasteiger charge is -2.28. The normalized spacial score (nSPS) is 13.1. The molecule has 0 fully saturated rings. The van der Waals surface area contributed by atoms with Crippen molar-refractivity contribution in [3.63, 3.8) is 0 Å². The average Bonchev–Trinajstić information content (AvgIpc) is 2.77. The van der Waals surface area contributed by atoms with Gasteiger partial charge in [-0.2, -0.15) is 0 Å². The molecule has 4 rings (SSSR count). The van der Waals surface area contributed by atoms with Gasteiger partial charge in [-0.25, -0.2) is 0 Å². The first-order chi connectivity index (χ1) is 13.8. The quantitative estimate of drug-likeness (QED) is 0.610. The molecule has 0 aromatic heterocycles. The summed E-state index contributed by atoms with van der Waals surface area (Å²) >= 11 is 0. The molecule has 0 aliphatic carbocycles. The number of rotatable bonds is 5. The molecule has 1 heterocycles. The molecule has 3 aromatic carbocycles. The van der Waals surface area contributed by atoms with Crippen molar-refractivity contribution in [1.82, 2.24) is 0 Å². The van der Waals surface area contributed by atoms with Crippen LogP contribution >= 0.6 is 0 Å². The van der Waals surface area contributed by atoms with E-state index in [1.165, 1.54) is 0 Å². The van der Waals surface area contributed by atoms with E-state index in [1.807, 2.05) is 84.9 Å². The highest BCUT2D eigenvalue weighted by molar-refractivity contribution is 6.05. The molecule has 0 saturated carbocycles. The second-order valence-corrected chi connectivity index (χ2v) is 6.49. The first-order valence-corrected chi connectivity index (χ1v) is 9.28. The Morgan fingerprint density at radius 1 is 1.00 bits per heavy atom. The van der Waals surface area contributed by atoms with E-state index < -0.39 is 0 Å². The van der Waals surface area contributed by atoms with Crippen molar-refractivity contribution in [1.29, 1.82) is 0 Å². The van der Waals surface area contributed by atoms with Crippen LogP contribution in [0.4, 0.5) is 5.69 Å². The predicted molar refractivity (Wildman–Crippen MR) is 111 cm³/mol. The number of nitrogens with zero attached hydrogens (tertiary/aromatic N) is 1. The molecule has 1 aliphatic rings. The van der Waals surface area contributed by atoms with E-state index in [-0.39, 0.29) is 5.91 Å². The summed E-state index contributed by atoms with van der Waals surface area (Å²) in [7, 11) is 0.